The lowest BCUT2D eigenvalue weighted by molar-refractivity contribution is 0.0916. The van der Waals surface area contributed by atoms with E-state index in [1.807, 2.05) is 23.6 Å². The maximum Gasteiger partial charge on any atom is 0.301 e. The molecular formula is C19H16N2O4. The van der Waals surface area contributed by atoms with Gasteiger partial charge < -0.3 is 9.15 Å². The SMILES string of the molecule is NNC(=O)c1occc1-c1ccc(OCC(=O)c2ccccc2)cc1. The highest BCUT2D eigenvalue weighted by Gasteiger charge is 2.15. The Labute approximate surface area is 144 Å². The molecule has 0 aliphatic rings. The highest BCUT2D eigenvalue weighted by molar-refractivity contribution is 5.98. The lowest BCUT2D eigenvalue weighted by Crippen LogP contribution is -2.29. The summed E-state index contributed by atoms with van der Waals surface area (Å²) in [6.45, 7) is -0.0457. The number of hydrogen-bond acceptors (Lipinski definition) is 5. The van der Waals surface area contributed by atoms with Gasteiger partial charge in [0.05, 0.1) is 6.26 Å². The second-order valence-corrected chi connectivity index (χ2v) is 5.24. The lowest BCUT2D eigenvalue weighted by Gasteiger charge is -2.07. The van der Waals surface area contributed by atoms with E-state index < -0.39 is 5.91 Å². The highest BCUT2D eigenvalue weighted by Crippen LogP contribution is 2.26. The smallest absolute Gasteiger partial charge is 0.301 e. The minimum atomic E-state index is -0.506. The van der Waals surface area contributed by atoms with Gasteiger partial charge in [0.2, 0.25) is 0 Å². The Morgan fingerprint density at radius 1 is 1.00 bits per heavy atom. The van der Waals surface area contributed by atoms with Gasteiger partial charge in [0, 0.05) is 11.1 Å². The molecule has 0 saturated carbocycles. The number of furan rings is 1. The van der Waals surface area contributed by atoms with Gasteiger partial charge >= 0.3 is 5.91 Å². The van der Waals surface area contributed by atoms with Crippen molar-refractivity contribution in [3.8, 4) is 16.9 Å². The molecule has 3 rings (SSSR count). The van der Waals surface area contributed by atoms with Crippen LogP contribution in [-0.4, -0.2) is 18.3 Å². The quantitative estimate of drug-likeness (QED) is 0.312. The third-order valence-electron chi connectivity index (χ3n) is 3.63. The molecule has 1 heterocycles. The van der Waals surface area contributed by atoms with Crippen molar-refractivity contribution in [1.29, 1.82) is 0 Å². The Morgan fingerprint density at radius 3 is 2.40 bits per heavy atom. The first-order valence-electron chi connectivity index (χ1n) is 7.59. The number of nitrogens with two attached hydrogens (primary N) is 1. The fraction of sp³-hybridized carbons (Fsp3) is 0.0526. The molecule has 6 heteroatoms. The molecule has 0 spiro atoms. The summed E-state index contributed by atoms with van der Waals surface area (Å²) in [6, 6.07) is 17.7. The van der Waals surface area contributed by atoms with Crippen molar-refractivity contribution in [3.05, 3.63) is 78.3 Å². The topological polar surface area (TPSA) is 94.6 Å². The van der Waals surface area contributed by atoms with E-state index in [-0.39, 0.29) is 18.2 Å². The minimum Gasteiger partial charge on any atom is -0.485 e. The van der Waals surface area contributed by atoms with Crippen molar-refractivity contribution < 1.29 is 18.7 Å². The van der Waals surface area contributed by atoms with Gasteiger partial charge in [0.15, 0.2) is 18.2 Å². The van der Waals surface area contributed by atoms with Crippen molar-refractivity contribution in [2.24, 2.45) is 5.84 Å². The van der Waals surface area contributed by atoms with Crippen LogP contribution < -0.4 is 16.0 Å². The number of nitrogens with one attached hydrogen (secondary N) is 1. The normalized spacial score (nSPS) is 10.3. The van der Waals surface area contributed by atoms with E-state index in [1.165, 1.54) is 6.26 Å². The van der Waals surface area contributed by atoms with E-state index in [4.69, 9.17) is 15.0 Å². The van der Waals surface area contributed by atoms with E-state index in [2.05, 4.69) is 0 Å². The van der Waals surface area contributed by atoms with E-state index in [1.54, 1.807) is 42.5 Å². The van der Waals surface area contributed by atoms with Crippen LogP contribution in [0.4, 0.5) is 0 Å². The number of hydrazine groups is 1. The van der Waals surface area contributed by atoms with Crippen molar-refractivity contribution in [2.45, 2.75) is 0 Å². The first-order valence-corrected chi connectivity index (χ1v) is 7.59. The van der Waals surface area contributed by atoms with Gasteiger partial charge in [-0.05, 0) is 23.8 Å². The number of carbonyl (C=O) groups excluding carboxylic acids is 2. The van der Waals surface area contributed by atoms with Crippen molar-refractivity contribution >= 4 is 11.7 Å². The van der Waals surface area contributed by atoms with E-state index in [0.717, 1.165) is 5.56 Å². The van der Waals surface area contributed by atoms with Gasteiger partial charge in [-0.3, -0.25) is 15.0 Å². The third kappa shape index (κ3) is 3.76. The summed E-state index contributed by atoms with van der Waals surface area (Å²) in [5.74, 6) is 5.23. The van der Waals surface area contributed by atoms with Crippen LogP contribution in [0, 0.1) is 0 Å². The van der Waals surface area contributed by atoms with Crippen LogP contribution in [0.5, 0.6) is 5.75 Å². The largest absolute Gasteiger partial charge is 0.485 e. The molecule has 0 saturated heterocycles. The third-order valence-corrected chi connectivity index (χ3v) is 3.63. The first-order chi connectivity index (χ1) is 12.2. The van der Waals surface area contributed by atoms with Crippen LogP contribution in [0.2, 0.25) is 0 Å². The van der Waals surface area contributed by atoms with Crippen LogP contribution in [0.3, 0.4) is 0 Å². The molecule has 3 aromatic rings. The number of hydrogen-bond donors (Lipinski definition) is 2. The van der Waals surface area contributed by atoms with Gasteiger partial charge in [-0.15, -0.1) is 0 Å². The second-order valence-electron chi connectivity index (χ2n) is 5.24. The standard InChI is InChI=1S/C19H16N2O4/c20-21-19(23)18-16(10-11-24-18)13-6-8-15(9-7-13)25-12-17(22)14-4-2-1-3-5-14/h1-11H,12,20H2,(H,21,23). The van der Waals surface area contributed by atoms with E-state index >= 15 is 0 Å². The van der Waals surface area contributed by atoms with Crippen LogP contribution in [0.15, 0.2) is 71.3 Å². The molecule has 0 fully saturated rings. The molecule has 0 atom stereocenters. The van der Waals surface area contributed by atoms with E-state index in [9.17, 15) is 9.59 Å². The fourth-order valence-electron chi connectivity index (χ4n) is 2.36. The molecule has 0 unspecified atom stereocenters. The van der Waals surface area contributed by atoms with Crippen LogP contribution >= 0.6 is 0 Å². The van der Waals surface area contributed by atoms with Crippen LogP contribution in [0.25, 0.3) is 11.1 Å². The van der Waals surface area contributed by atoms with Crippen LogP contribution in [-0.2, 0) is 0 Å². The number of carbonyl (C=O) groups is 2. The molecule has 0 bridgehead atoms. The monoisotopic (exact) mass is 336 g/mol. The molecule has 0 aliphatic carbocycles. The van der Waals surface area contributed by atoms with Crippen molar-refractivity contribution in [1.82, 2.24) is 5.43 Å². The summed E-state index contributed by atoms with van der Waals surface area (Å²) in [5.41, 5.74) is 4.04. The zero-order valence-electron chi connectivity index (χ0n) is 13.3. The predicted octanol–water partition coefficient (Wildman–Crippen LogP) is 2.81. The summed E-state index contributed by atoms with van der Waals surface area (Å²) in [4.78, 5) is 23.7. The van der Waals surface area contributed by atoms with E-state index in [0.29, 0.717) is 16.9 Å². The lowest BCUT2D eigenvalue weighted by atomic mass is 10.1. The number of ketones is 1. The molecule has 1 aromatic heterocycles. The summed E-state index contributed by atoms with van der Waals surface area (Å²) in [7, 11) is 0. The van der Waals surface area contributed by atoms with Gasteiger partial charge in [-0.1, -0.05) is 42.5 Å². The molecule has 0 radical (unpaired) electrons. The molecule has 2 aromatic carbocycles. The van der Waals surface area contributed by atoms with Gasteiger partial charge in [-0.2, -0.15) is 0 Å². The zero-order chi connectivity index (χ0) is 17.6. The second kappa shape index (κ2) is 7.46. The molecule has 1 amide bonds. The molecule has 0 aliphatic heterocycles. The predicted molar refractivity (Wildman–Crippen MR) is 92.1 cm³/mol. The number of amides is 1. The Balaban J connectivity index is 1.68. The Hall–Kier alpha value is -3.38. The summed E-state index contributed by atoms with van der Waals surface area (Å²) < 4.78 is 10.7. The molecule has 25 heavy (non-hydrogen) atoms. The summed E-state index contributed by atoms with van der Waals surface area (Å²) in [5, 5.41) is 0. The van der Waals surface area contributed by atoms with Gasteiger partial charge in [0.25, 0.3) is 0 Å². The molecule has 126 valence electrons. The first kappa shape index (κ1) is 16.5. The molecule has 3 N–H and O–H groups in total. The Bertz CT molecular complexity index is 870. The summed E-state index contributed by atoms with van der Waals surface area (Å²) in [6.07, 6.45) is 1.42. The van der Waals surface area contributed by atoms with Crippen molar-refractivity contribution in [3.63, 3.8) is 0 Å². The van der Waals surface area contributed by atoms with Gasteiger partial charge in [-0.25, -0.2) is 5.84 Å². The fourth-order valence-corrected chi connectivity index (χ4v) is 2.36. The zero-order valence-corrected chi connectivity index (χ0v) is 13.3. The number of benzene rings is 2. The highest BCUT2D eigenvalue weighted by atomic mass is 16.5. The average Bonchev–Trinajstić information content (AvgIpc) is 3.16. The van der Waals surface area contributed by atoms with Crippen molar-refractivity contribution in [2.75, 3.05) is 6.61 Å². The number of nitrogen functional groups attached to an aromatic ring is 1. The number of Topliss-reactive ketones (excluding diaryl/α,β-unsaturated/α-hetero) is 1. The average molecular weight is 336 g/mol. The van der Waals surface area contributed by atoms with Gasteiger partial charge in [0.1, 0.15) is 5.75 Å². The maximum atomic E-state index is 12.0. The minimum absolute atomic E-state index is 0.0457. The Morgan fingerprint density at radius 2 is 1.72 bits per heavy atom. The maximum absolute atomic E-state index is 12.0. The number of rotatable bonds is 6. The van der Waals surface area contributed by atoms with Crippen LogP contribution in [0.1, 0.15) is 20.9 Å². The number of ether oxygens (including phenoxy) is 1. The summed E-state index contributed by atoms with van der Waals surface area (Å²) >= 11 is 0. The molecular weight excluding hydrogens is 320 g/mol. The Kier molecular flexibility index (Phi) is 4.92. The molecule has 6 nitrogen and oxygen atoms in total.